The number of ether oxygens (including phenoxy) is 3. The molecule has 0 bridgehead atoms. The smallest absolute Gasteiger partial charge is 0.344 e. The molecular weight excluding hydrogens is 604 g/mol. The number of hydrogen-bond acceptors (Lipinski definition) is 8. The first-order valence-electron chi connectivity index (χ1n) is 15.5. The zero-order valence-electron chi connectivity index (χ0n) is 25.7. The predicted octanol–water partition coefficient (Wildman–Crippen LogP) is 7.92. The number of nitrogens with zero attached hydrogens (tertiary/aromatic N) is 4. The Morgan fingerprint density at radius 2 is 1.62 bits per heavy atom. The van der Waals surface area contributed by atoms with E-state index in [0.29, 0.717) is 63.3 Å². The highest BCUT2D eigenvalue weighted by molar-refractivity contribution is 5.88. The molecule has 1 aliphatic rings. The van der Waals surface area contributed by atoms with Crippen molar-refractivity contribution in [1.29, 1.82) is 0 Å². The average Bonchev–Trinajstić information content (AvgIpc) is 3.58. The second-order valence-corrected chi connectivity index (χ2v) is 11.6. The third kappa shape index (κ3) is 4.55. The van der Waals surface area contributed by atoms with Gasteiger partial charge in [0.2, 0.25) is 5.88 Å². The topological polar surface area (TPSA) is 101 Å². The fourth-order valence-electron chi connectivity index (χ4n) is 6.43. The molecule has 1 atom stereocenters. The van der Waals surface area contributed by atoms with Gasteiger partial charge >= 0.3 is 5.63 Å². The third-order valence-electron chi connectivity index (χ3n) is 8.73. The Labute approximate surface area is 273 Å². The summed E-state index contributed by atoms with van der Waals surface area (Å²) in [7, 11) is 1.59. The normalized spacial score (nSPS) is 13.6. The van der Waals surface area contributed by atoms with Crippen molar-refractivity contribution in [3.8, 4) is 34.5 Å². The number of benzene rings is 5. The van der Waals surface area contributed by atoms with Gasteiger partial charge in [0.1, 0.15) is 18.5 Å². The van der Waals surface area contributed by atoms with Gasteiger partial charge in [-0.1, -0.05) is 84.9 Å². The molecule has 9 heteroatoms. The number of aromatic nitrogens is 4. The largest absolute Gasteiger partial charge is 0.493 e. The second kappa shape index (κ2) is 11.1. The first-order chi connectivity index (χ1) is 23.6. The summed E-state index contributed by atoms with van der Waals surface area (Å²) in [4.78, 5) is 23.6. The van der Waals surface area contributed by atoms with Gasteiger partial charge in [0.05, 0.1) is 29.5 Å². The first-order valence-corrected chi connectivity index (χ1v) is 15.5. The molecule has 8 aromatic rings. The molecule has 0 saturated heterocycles. The molecular formula is C39H26N4O5. The van der Waals surface area contributed by atoms with E-state index in [1.165, 1.54) is 0 Å². The molecule has 0 radical (unpaired) electrons. The van der Waals surface area contributed by atoms with Gasteiger partial charge in [-0.05, 0) is 52.2 Å². The van der Waals surface area contributed by atoms with Crippen LogP contribution in [-0.2, 0) is 6.61 Å². The van der Waals surface area contributed by atoms with Crippen LogP contribution in [0.15, 0.2) is 131 Å². The quantitative estimate of drug-likeness (QED) is 0.171. The number of fused-ring (bicyclic) bond motifs is 7. The summed E-state index contributed by atoms with van der Waals surface area (Å²) in [5.41, 5.74) is 3.98. The van der Waals surface area contributed by atoms with Gasteiger partial charge in [-0.15, -0.1) is 5.10 Å². The summed E-state index contributed by atoms with van der Waals surface area (Å²) < 4.78 is 25.9. The lowest BCUT2D eigenvalue weighted by molar-refractivity contribution is 0.284. The van der Waals surface area contributed by atoms with E-state index in [1.807, 2.05) is 84.9 Å². The van der Waals surface area contributed by atoms with Gasteiger partial charge in [-0.25, -0.2) is 19.3 Å². The molecule has 0 spiro atoms. The van der Waals surface area contributed by atoms with Crippen LogP contribution in [0.2, 0.25) is 0 Å². The molecule has 4 heterocycles. The fourth-order valence-corrected chi connectivity index (χ4v) is 6.43. The summed E-state index contributed by atoms with van der Waals surface area (Å²) >= 11 is 0. The Kier molecular flexibility index (Phi) is 6.43. The lowest BCUT2D eigenvalue weighted by atomic mass is 9.84. The molecule has 232 valence electrons. The van der Waals surface area contributed by atoms with Gasteiger partial charge in [-0.2, -0.15) is 0 Å². The van der Waals surface area contributed by atoms with Crippen LogP contribution >= 0.6 is 0 Å². The Morgan fingerprint density at radius 1 is 0.812 bits per heavy atom. The minimum absolute atomic E-state index is 0.330. The van der Waals surface area contributed by atoms with Crippen molar-refractivity contribution in [1.82, 2.24) is 19.6 Å². The van der Waals surface area contributed by atoms with Crippen molar-refractivity contribution >= 4 is 27.4 Å². The van der Waals surface area contributed by atoms with Crippen molar-refractivity contribution in [2.45, 2.75) is 12.5 Å². The lowest BCUT2D eigenvalue weighted by Crippen LogP contribution is -2.22. The van der Waals surface area contributed by atoms with Crippen molar-refractivity contribution in [3.05, 3.63) is 154 Å². The van der Waals surface area contributed by atoms with Crippen LogP contribution in [0.25, 0.3) is 38.8 Å². The van der Waals surface area contributed by atoms with Crippen LogP contribution in [0.5, 0.6) is 23.1 Å². The maximum absolute atomic E-state index is 13.9. The molecule has 0 amide bonds. The summed E-state index contributed by atoms with van der Waals surface area (Å²) in [6.45, 7) is 0.372. The van der Waals surface area contributed by atoms with Crippen LogP contribution < -0.4 is 19.8 Å². The zero-order chi connectivity index (χ0) is 32.2. The lowest BCUT2D eigenvalue weighted by Gasteiger charge is -2.27. The van der Waals surface area contributed by atoms with E-state index in [1.54, 1.807) is 24.0 Å². The zero-order valence-corrected chi connectivity index (χ0v) is 25.7. The van der Waals surface area contributed by atoms with E-state index in [9.17, 15) is 4.79 Å². The Bertz CT molecular complexity index is 2580. The Balaban J connectivity index is 1.23. The second-order valence-electron chi connectivity index (χ2n) is 11.6. The molecule has 1 unspecified atom stereocenters. The molecule has 9 rings (SSSR count). The highest BCUT2D eigenvalue weighted by Crippen LogP contribution is 2.50. The van der Waals surface area contributed by atoms with E-state index in [-0.39, 0.29) is 0 Å². The molecule has 3 aromatic heterocycles. The highest BCUT2D eigenvalue weighted by atomic mass is 16.5. The number of para-hydroxylation sites is 1. The fraction of sp³-hybridized carbons (Fsp3) is 0.0769. The average molecular weight is 631 g/mol. The van der Waals surface area contributed by atoms with Gasteiger partial charge in [-0.3, -0.25) is 0 Å². The van der Waals surface area contributed by atoms with Crippen LogP contribution in [-0.4, -0.2) is 26.7 Å². The molecule has 48 heavy (non-hydrogen) atoms. The molecule has 0 saturated carbocycles. The van der Waals surface area contributed by atoms with Crippen LogP contribution in [0.1, 0.15) is 28.2 Å². The van der Waals surface area contributed by atoms with Crippen LogP contribution in [0.4, 0.5) is 0 Å². The number of methoxy groups -OCH3 is 1. The third-order valence-corrected chi connectivity index (χ3v) is 8.73. The van der Waals surface area contributed by atoms with Crippen molar-refractivity contribution < 1.29 is 18.6 Å². The molecule has 5 aromatic carbocycles. The van der Waals surface area contributed by atoms with E-state index < -0.39 is 11.5 Å². The van der Waals surface area contributed by atoms with Crippen molar-refractivity contribution in [2.24, 2.45) is 0 Å². The highest BCUT2D eigenvalue weighted by Gasteiger charge is 2.38. The van der Waals surface area contributed by atoms with E-state index >= 15 is 0 Å². The Morgan fingerprint density at radius 3 is 2.50 bits per heavy atom. The monoisotopic (exact) mass is 630 g/mol. The maximum atomic E-state index is 13.9. The molecule has 0 aliphatic carbocycles. The van der Waals surface area contributed by atoms with Gasteiger partial charge in [0, 0.05) is 5.56 Å². The summed E-state index contributed by atoms with van der Waals surface area (Å²) in [5.74, 6) is 1.66. The van der Waals surface area contributed by atoms with E-state index in [4.69, 9.17) is 28.7 Å². The first kappa shape index (κ1) is 27.8. The molecule has 1 aliphatic heterocycles. The van der Waals surface area contributed by atoms with Gasteiger partial charge < -0.3 is 18.6 Å². The maximum Gasteiger partial charge on any atom is 0.344 e. The van der Waals surface area contributed by atoms with Gasteiger partial charge in [0.25, 0.3) is 0 Å². The molecule has 0 fully saturated rings. The minimum atomic E-state index is -0.675. The van der Waals surface area contributed by atoms with Gasteiger partial charge in [0.15, 0.2) is 28.7 Å². The minimum Gasteiger partial charge on any atom is -0.493 e. The SMILES string of the molecule is COc1cc(C2c3c(c4ccccc4oc3=O)Oc3ncn4nc(-c5ccc6ccccc6c5)nc4c32)ccc1OCc1ccccc1. The molecule has 9 nitrogen and oxygen atoms in total. The standard InChI is InChI=1S/C39H26N4O5/c1-45-31-20-26(17-18-30(31)46-21-23-9-3-2-4-10-23)32-33-35(28-13-7-8-14-29(28)47-39(33)44)48-38-34(32)37-41-36(42-43(37)22-40-38)27-16-15-24-11-5-6-12-25(24)19-27/h2-20,22,32H,21H2,1H3. The van der Waals surface area contributed by atoms with E-state index in [2.05, 4.69) is 29.2 Å². The predicted molar refractivity (Wildman–Crippen MR) is 181 cm³/mol. The van der Waals surface area contributed by atoms with Crippen molar-refractivity contribution in [2.75, 3.05) is 7.11 Å². The number of hydrogen-bond donors (Lipinski definition) is 0. The number of rotatable bonds is 6. The van der Waals surface area contributed by atoms with Crippen molar-refractivity contribution in [3.63, 3.8) is 0 Å². The summed E-state index contributed by atoms with van der Waals surface area (Å²) in [6, 6.07) is 37.1. The van der Waals surface area contributed by atoms with E-state index in [0.717, 1.165) is 27.5 Å². The molecule has 0 N–H and O–H groups in total. The Hall–Kier alpha value is -6.48. The summed E-state index contributed by atoms with van der Waals surface area (Å²) in [6.07, 6.45) is 1.59. The van der Waals surface area contributed by atoms with Crippen LogP contribution in [0, 0.1) is 0 Å². The van der Waals surface area contributed by atoms with Crippen LogP contribution in [0.3, 0.4) is 0 Å². The summed E-state index contributed by atoms with van der Waals surface area (Å²) in [5, 5.41) is 7.66.